The molecule has 2 N–H and O–H groups in total. The lowest BCUT2D eigenvalue weighted by Crippen LogP contribution is -2.64. The molecule has 5 fully saturated rings. The quantitative estimate of drug-likeness (QED) is 0.265. The van der Waals surface area contributed by atoms with Crippen molar-refractivity contribution in [3.8, 4) is 23.0 Å². The van der Waals surface area contributed by atoms with E-state index in [2.05, 4.69) is 30.2 Å². The Balaban J connectivity index is 1.09. The summed E-state index contributed by atoms with van der Waals surface area (Å²) in [6.07, 6.45) is 7.62. The highest BCUT2D eigenvalue weighted by Gasteiger charge is 2.49. The Morgan fingerprint density at radius 2 is 1.72 bits per heavy atom. The third kappa shape index (κ3) is 4.98. The van der Waals surface area contributed by atoms with E-state index in [1.165, 1.54) is 6.07 Å². The van der Waals surface area contributed by atoms with Gasteiger partial charge in [-0.3, -0.25) is 15.3 Å². The molecule has 2 bridgehead atoms. The molecular weight excluding hydrogens is 607 g/mol. The number of aromatic nitrogens is 3. The molecule has 47 heavy (non-hydrogen) atoms. The van der Waals surface area contributed by atoms with Crippen LogP contribution < -0.4 is 15.1 Å². The van der Waals surface area contributed by atoms with Gasteiger partial charge in [-0.15, -0.1) is 0 Å². The molecule has 1 aliphatic carbocycles. The minimum atomic E-state index is -2.58. The molecule has 0 spiro atoms. The fourth-order valence-electron chi connectivity index (χ4n) is 8.92. The van der Waals surface area contributed by atoms with E-state index in [9.17, 15) is 13.9 Å². The van der Waals surface area contributed by atoms with Crippen molar-refractivity contribution in [1.29, 1.82) is 0 Å². The molecule has 12 heteroatoms. The number of phenolic OH excluding ortho intramolecular Hbond substituents is 1. The number of hydrogen-bond donors (Lipinski definition) is 2. The number of pyridine rings is 1. The van der Waals surface area contributed by atoms with Crippen molar-refractivity contribution in [2.24, 2.45) is 0 Å². The zero-order valence-electron chi connectivity index (χ0n) is 26.1. The molecule has 4 saturated heterocycles. The minimum Gasteiger partial charge on any atom is -0.508 e. The van der Waals surface area contributed by atoms with Gasteiger partial charge in [0.15, 0.2) is 5.82 Å². The number of anilines is 1. The lowest BCUT2D eigenvalue weighted by molar-refractivity contribution is -0.113. The van der Waals surface area contributed by atoms with Crippen molar-refractivity contribution in [1.82, 2.24) is 30.3 Å². The SMILES string of the molecule is Oc1cc(-c2ncc3c(N4CC5CCC(C4)N5NC4CC(F)(F)C4)nc(OCC45CCCN4CCC5)nc3c2F)c2ccccc2c1. The summed E-state index contributed by atoms with van der Waals surface area (Å²) in [7, 11) is 0. The van der Waals surface area contributed by atoms with Crippen LogP contribution in [0.15, 0.2) is 42.6 Å². The molecule has 1 saturated carbocycles. The maximum absolute atomic E-state index is 16.8. The second-order valence-corrected chi connectivity index (χ2v) is 14.2. The molecule has 2 aromatic carbocycles. The molecule has 0 radical (unpaired) electrons. The van der Waals surface area contributed by atoms with Crippen LogP contribution in [0.4, 0.5) is 19.0 Å². The Kier molecular flexibility index (Phi) is 6.82. The molecule has 246 valence electrons. The maximum Gasteiger partial charge on any atom is 0.319 e. The van der Waals surface area contributed by atoms with Crippen LogP contribution in [0.3, 0.4) is 0 Å². The summed E-state index contributed by atoms with van der Waals surface area (Å²) in [5.74, 6) is -2.58. The zero-order chi connectivity index (χ0) is 31.9. The third-order valence-corrected chi connectivity index (χ3v) is 11.2. The number of alkyl halides is 2. The number of hydrazine groups is 1. The van der Waals surface area contributed by atoms with Gasteiger partial charge >= 0.3 is 6.01 Å². The number of benzene rings is 2. The summed E-state index contributed by atoms with van der Waals surface area (Å²) in [4.78, 5) is 18.9. The highest BCUT2D eigenvalue weighted by molar-refractivity contribution is 5.99. The summed E-state index contributed by atoms with van der Waals surface area (Å²) in [5, 5.41) is 14.7. The van der Waals surface area contributed by atoms with Gasteiger partial charge in [0.2, 0.25) is 0 Å². The summed E-state index contributed by atoms with van der Waals surface area (Å²) < 4.78 is 50.3. The molecule has 0 amide bonds. The summed E-state index contributed by atoms with van der Waals surface area (Å²) >= 11 is 0. The van der Waals surface area contributed by atoms with Crippen molar-refractivity contribution in [2.45, 2.75) is 81.0 Å². The van der Waals surface area contributed by atoms with Crippen LogP contribution in [0, 0.1) is 5.82 Å². The molecule has 4 aliphatic heterocycles. The van der Waals surface area contributed by atoms with Gasteiger partial charge in [-0.1, -0.05) is 24.3 Å². The number of nitrogens with one attached hydrogen (secondary N) is 1. The normalized spacial score (nSPS) is 25.5. The van der Waals surface area contributed by atoms with Gasteiger partial charge in [0.1, 0.15) is 29.4 Å². The Hall–Kier alpha value is -3.74. The molecule has 2 atom stereocenters. The number of halogens is 3. The standard InChI is InChI=1S/C35H38F3N7O2/c36-29-30(27-14-25(46)13-21-5-1-2-6-26(21)27)39-17-28-31(29)40-33(47-20-34-9-3-11-44(34)12-4-10-34)41-32(28)43-18-23-7-8-24(19-43)45(23)42-22-15-35(37,38)16-22/h1-2,5-6,13-14,17,22-24,42,46H,3-4,7-12,15-16,18-20H2. The van der Waals surface area contributed by atoms with E-state index in [1.54, 1.807) is 12.3 Å². The monoisotopic (exact) mass is 645 g/mol. The molecular formula is C35H38F3N7O2. The average Bonchev–Trinajstić information content (AvgIpc) is 3.68. The largest absolute Gasteiger partial charge is 0.508 e. The number of aromatic hydroxyl groups is 1. The molecule has 2 unspecified atom stereocenters. The van der Waals surface area contributed by atoms with Gasteiger partial charge in [0.25, 0.3) is 5.92 Å². The first-order valence-corrected chi connectivity index (χ1v) is 16.9. The Labute approximate surface area is 270 Å². The highest BCUT2D eigenvalue weighted by atomic mass is 19.3. The first kappa shape index (κ1) is 29.4. The molecule has 5 aliphatic rings. The molecule has 6 heterocycles. The predicted molar refractivity (Wildman–Crippen MR) is 172 cm³/mol. The van der Waals surface area contributed by atoms with Gasteiger partial charge in [0.05, 0.1) is 10.9 Å². The van der Waals surface area contributed by atoms with Gasteiger partial charge in [-0.25, -0.2) is 18.2 Å². The number of ether oxygens (including phenoxy) is 1. The van der Waals surface area contributed by atoms with Gasteiger partial charge in [-0.05, 0) is 74.5 Å². The van der Waals surface area contributed by atoms with Crippen molar-refractivity contribution in [3.05, 3.63) is 48.4 Å². The number of phenols is 1. The lowest BCUT2D eigenvalue weighted by Gasteiger charge is -2.46. The molecule has 9 rings (SSSR count). The highest BCUT2D eigenvalue weighted by Crippen LogP contribution is 2.42. The fraction of sp³-hybridized carbons (Fsp3) is 0.514. The van der Waals surface area contributed by atoms with Crippen LogP contribution in [0.5, 0.6) is 11.8 Å². The van der Waals surface area contributed by atoms with Crippen LogP contribution in [-0.4, -0.2) is 92.3 Å². The fourth-order valence-corrected chi connectivity index (χ4v) is 8.92. The van der Waals surface area contributed by atoms with E-state index >= 15 is 4.39 Å². The number of nitrogens with zero attached hydrogens (tertiary/aromatic N) is 6. The number of rotatable bonds is 7. The summed E-state index contributed by atoms with van der Waals surface area (Å²) in [5.41, 5.74) is 4.06. The Morgan fingerprint density at radius 1 is 0.979 bits per heavy atom. The van der Waals surface area contributed by atoms with Crippen LogP contribution in [0.25, 0.3) is 32.9 Å². The molecule has 2 aromatic heterocycles. The summed E-state index contributed by atoms with van der Waals surface area (Å²) in [6, 6.07) is 10.8. The second kappa shape index (κ2) is 10.9. The third-order valence-electron chi connectivity index (χ3n) is 11.2. The zero-order valence-corrected chi connectivity index (χ0v) is 26.1. The summed E-state index contributed by atoms with van der Waals surface area (Å²) in [6.45, 7) is 3.79. The van der Waals surface area contributed by atoms with Gasteiger partial charge in [0, 0.05) is 55.8 Å². The van der Waals surface area contributed by atoms with Crippen LogP contribution in [0.2, 0.25) is 0 Å². The van der Waals surface area contributed by atoms with E-state index in [1.807, 2.05) is 24.3 Å². The Morgan fingerprint density at radius 3 is 2.47 bits per heavy atom. The van der Waals surface area contributed by atoms with Gasteiger partial charge < -0.3 is 14.7 Å². The maximum atomic E-state index is 16.8. The van der Waals surface area contributed by atoms with Crippen LogP contribution >= 0.6 is 0 Å². The molecule has 4 aromatic rings. The van der Waals surface area contributed by atoms with Crippen molar-refractivity contribution in [3.63, 3.8) is 0 Å². The Bertz CT molecular complexity index is 1840. The van der Waals surface area contributed by atoms with E-state index in [4.69, 9.17) is 9.72 Å². The van der Waals surface area contributed by atoms with Crippen molar-refractivity contribution < 1.29 is 23.0 Å². The van der Waals surface area contributed by atoms with Crippen molar-refractivity contribution in [2.75, 3.05) is 37.7 Å². The topological polar surface area (TPSA) is 89.9 Å². The lowest BCUT2D eigenvalue weighted by atomic mass is 9.89. The molecule has 9 nitrogen and oxygen atoms in total. The smallest absolute Gasteiger partial charge is 0.319 e. The first-order chi connectivity index (χ1) is 22.8. The van der Waals surface area contributed by atoms with Crippen molar-refractivity contribution >= 4 is 27.5 Å². The van der Waals surface area contributed by atoms with E-state index in [-0.39, 0.29) is 59.5 Å². The van der Waals surface area contributed by atoms with Crippen LogP contribution in [-0.2, 0) is 0 Å². The predicted octanol–water partition coefficient (Wildman–Crippen LogP) is 5.65. The van der Waals surface area contributed by atoms with Gasteiger partial charge in [-0.2, -0.15) is 9.97 Å². The number of fused-ring (bicyclic) bond motifs is 5. The number of hydrogen-bond acceptors (Lipinski definition) is 9. The number of piperazine rings is 1. The van der Waals surface area contributed by atoms with E-state index in [0.29, 0.717) is 36.5 Å². The van der Waals surface area contributed by atoms with E-state index in [0.717, 1.165) is 62.4 Å². The minimum absolute atomic E-state index is 0.0249. The van der Waals surface area contributed by atoms with Crippen LogP contribution in [0.1, 0.15) is 51.4 Å². The average molecular weight is 646 g/mol. The first-order valence-electron chi connectivity index (χ1n) is 16.9. The second-order valence-electron chi connectivity index (χ2n) is 14.2. The van der Waals surface area contributed by atoms with E-state index < -0.39 is 11.7 Å².